The molecule has 0 unspecified atom stereocenters. The third kappa shape index (κ3) is 4.18. The van der Waals surface area contributed by atoms with Crippen LogP contribution in [0.5, 0.6) is 0 Å². The van der Waals surface area contributed by atoms with E-state index in [9.17, 15) is 14.4 Å². The average Bonchev–Trinajstić information content (AvgIpc) is 2.68. The molecule has 0 spiro atoms. The molecule has 2 amide bonds. The number of halogens is 2. The fourth-order valence-corrected chi connectivity index (χ4v) is 3.34. The molecule has 0 bridgehead atoms. The van der Waals surface area contributed by atoms with Crippen LogP contribution in [0, 0.1) is 0 Å². The van der Waals surface area contributed by atoms with Crippen molar-refractivity contribution in [1.82, 2.24) is 9.88 Å². The number of benzene rings is 2. The standard InChI is InChI=1S/C20H17Cl2N3O3/c1-2-25(11-18(27)24-19-14(21)7-5-8-15(19)22)20(28)13-10-17(26)23-16-9-4-3-6-12(13)16/h3-10H,2,11H2,1H3,(H,23,26)(H,24,27). The Labute approximate surface area is 171 Å². The largest absolute Gasteiger partial charge is 0.330 e. The van der Waals surface area contributed by atoms with Crippen molar-refractivity contribution >= 4 is 51.6 Å². The van der Waals surface area contributed by atoms with Gasteiger partial charge in [-0.1, -0.05) is 47.5 Å². The van der Waals surface area contributed by atoms with Gasteiger partial charge in [-0.2, -0.15) is 0 Å². The zero-order valence-corrected chi connectivity index (χ0v) is 16.5. The first kappa shape index (κ1) is 19.9. The first-order valence-corrected chi connectivity index (χ1v) is 9.31. The van der Waals surface area contributed by atoms with Gasteiger partial charge in [-0.15, -0.1) is 0 Å². The smallest absolute Gasteiger partial charge is 0.255 e. The van der Waals surface area contributed by atoms with Gasteiger partial charge in [0.25, 0.3) is 5.91 Å². The van der Waals surface area contributed by atoms with Gasteiger partial charge in [0, 0.05) is 23.5 Å². The van der Waals surface area contributed by atoms with Crippen molar-refractivity contribution in [3.05, 3.63) is 74.5 Å². The van der Waals surface area contributed by atoms with Crippen molar-refractivity contribution < 1.29 is 9.59 Å². The van der Waals surface area contributed by atoms with E-state index in [1.165, 1.54) is 11.0 Å². The molecule has 6 nitrogen and oxygen atoms in total. The Balaban J connectivity index is 1.85. The quantitative estimate of drug-likeness (QED) is 0.659. The maximum Gasteiger partial charge on any atom is 0.255 e. The Morgan fingerprint density at radius 2 is 1.75 bits per heavy atom. The van der Waals surface area contributed by atoms with Crippen molar-refractivity contribution in [1.29, 1.82) is 0 Å². The van der Waals surface area contributed by atoms with Gasteiger partial charge >= 0.3 is 0 Å². The summed E-state index contributed by atoms with van der Waals surface area (Å²) in [5, 5.41) is 3.85. The van der Waals surface area contributed by atoms with Gasteiger partial charge in [0.05, 0.1) is 21.3 Å². The SMILES string of the molecule is CCN(CC(=O)Nc1c(Cl)cccc1Cl)C(=O)c1cc(=O)[nH]c2ccccc12. The minimum Gasteiger partial charge on any atom is -0.330 e. The van der Waals surface area contributed by atoms with Crippen LogP contribution >= 0.6 is 23.2 Å². The number of hydrogen-bond donors (Lipinski definition) is 2. The molecule has 1 heterocycles. The summed E-state index contributed by atoms with van der Waals surface area (Å²) >= 11 is 12.1. The molecular weight excluding hydrogens is 401 g/mol. The van der Waals surface area contributed by atoms with Crippen LogP contribution in [0.1, 0.15) is 17.3 Å². The van der Waals surface area contributed by atoms with Crippen molar-refractivity contribution in [2.24, 2.45) is 0 Å². The Bertz CT molecular complexity index is 1090. The number of hydrogen-bond acceptors (Lipinski definition) is 3. The van der Waals surface area contributed by atoms with E-state index in [0.29, 0.717) is 26.6 Å². The fraction of sp³-hybridized carbons (Fsp3) is 0.150. The maximum absolute atomic E-state index is 13.0. The van der Waals surface area contributed by atoms with E-state index >= 15 is 0 Å². The normalized spacial score (nSPS) is 10.7. The summed E-state index contributed by atoms with van der Waals surface area (Å²) in [6.07, 6.45) is 0. The highest BCUT2D eigenvalue weighted by molar-refractivity contribution is 6.39. The number of carbonyl (C=O) groups is 2. The summed E-state index contributed by atoms with van der Waals surface area (Å²) < 4.78 is 0. The van der Waals surface area contributed by atoms with Gasteiger partial charge in [-0.3, -0.25) is 14.4 Å². The molecule has 0 aliphatic carbocycles. The highest BCUT2D eigenvalue weighted by atomic mass is 35.5. The van der Waals surface area contributed by atoms with Gasteiger partial charge in [-0.25, -0.2) is 0 Å². The molecule has 0 saturated carbocycles. The van der Waals surface area contributed by atoms with E-state index in [2.05, 4.69) is 10.3 Å². The molecule has 0 saturated heterocycles. The first-order chi connectivity index (χ1) is 13.4. The van der Waals surface area contributed by atoms with Crippen molar-refractivity contribution in [2.75, 3.05) is 18.4 Å². The lowest BCUT2D eigenvalue weighted by Crippen LogP contribution is -2.38. The van der Waals surface area contributed by atoms with Crippen molar-refractivity contribution in [3.8, 4) is 0 Å². The van der Waals surface area contributed by atoms with E-state index in [1.54, 1.807) is 49.4 Å². The minimum absolute atomic E-state index is 0.210. The zero-order valence-electron chi connectivity index (χ0n) is 15.0. The predicted octanol–water partition coefficient (Wildman–Crippen LogP) is 3.94. The fourth-order valence-electron chi connectivity index (χ4n) is 2.85. The average molecular weight is 418 g/mol. The van der Waals surface area contributed by atoms with Crippen LogP contribution in [0.2, 0.25) is 10.0 Å². The lowest BCUT2D eigenvalue weighted by atomic mass is 10.1. The highest BCUT2D eigenvalue weighted by Crippen LogP contribution is 2.29. The maximum atomic E-state index is 13.0. The monoisotopic (exact) mass is 417 g/mol. The number of carbonyl (C=O) groups excluding carboxylic acids is 2. The summed E-state index contributed by atoms with van der Waals surface area (Å²) in [7, 11) is 0. The van der Waals surface area contributed by atoms with Crippen LogP contribution in [0.15, 0.2) is 53.3 Å². The molecule has 28 heavy (non-hydrogen) atoms. The number of amides is 2. The molecular formula is C20H17Cl2N3O3. The van der Waals surface area contributed by atoms with Crippen LogP contribution in [-0.4, -0.2) is 34.8 Å². The van der Waals surface area contributed by atoms with E-state index in [0.717, 1.165) is 0 Å². The Kier molecular flexibility index (Phi) is 6.02. The second-order valence-electron chi connectivity index (χ2n) is 6.06. The molecule has 1 aromatic heterocycles. The van der Waals surface area contributed by atoms with E-state index in [4.69, 9.17) is 23.2 Å². The van der Waals surface area contributed by atoms with E-state index in [1.807, 2.05) is 0 Å². The minimum atomic E-state index is -0.445. The Hall–Kier alpha value is -2.83. The van der Waals surface area contributed by atoms with E-state index in [-0.39, 0.29) is 24.2 Å². The number of para-hydroxylation sites is 2. The van der Waals surface area contributed by atoms with Crippen LogP contribution in [0.3, 0.4) is 0 Å². The topological polar surface area (TPSA) is 82.3 Å². The second kappa shape index (κ2) is 8.46. The third-order valence-corrected chi connectivity index (χ3v) is 4.84. The second-order valence-corrected chi connectivity index (χ2v) is 6.87. The van der Waals surface area contributed by atoms with E-state index < -0.39 is 11.8 Å². The summed E-state index contributed by atoms with van der Waals surface area (Å²) in [4.78, 5) is 41.4. The van der Waals surface area contributed by atoms with Crippen LogP contribution in [-0.2, 0) is 4.79 Å². The highest BCUT2D eigenvalue weighted by Gasteiger charge is 2.21. The molecule has 8 heteroatoms. The number of likely N-dealkylation sites (N-methyl/N-ethyl adjacent to an activating group) is 1. The summed E-state index contributed by atoms with van der Waals surface area (Å²) in [5.41, 5.74) is 0.706. The number of H-pyrrole nitrogens is 1. The van der Waals surface area contributed by atoms with Crippen molar-refractivity contribution in [3.63, 3.8) is 0 Å². The molecule has 3 rings (SSSR count). The number of aromatic nitrogens is 1. The molecule has 0 radical (unpaired) electrons. The molecule has 0 atom stereocenters. The summed E-state index contributed by atoms with van der Waals surface area (Å²) in [6, 6.07) is 13.1. The number of rotatable bonds is 5. The lowest BCUT2D eigenvalue weighted by Gasteiger charge is -2.21. The molecule has 0 aliphatic heterocycles. The Morgan fingerprint density at radius 3 is 2.43 bits per heavy atom. The van der Waals surface area contributed by atoms with Gasteiger partial charge in [0.1, 0.15) is 6.54 Å². The number of anilines is 1. The van der Waals surface area contributed by atoms with Crippen molar-refractivity contribution in [2.45, 2.75) is 6.92 Å². The molecule has 3 aromatic rings. The number of aromatic amines is 1. The molecule has 0 aliphatic rings. The molecule has 144 valence electrons. The summed E-state index contributed by atoms with van der Waals surface area (Å²) in [5.74, 6) is -0.857. The zero-order chi connectivity index (χ0) is 20.3. The van der Waals surface area contributed by atoms with Gasteiger partial charge < -0.3 is 15.2 Å². The molecule has 0 fully saturated rings. The number of fused-ring (bicyclic) bond motifs is 1. The first-order valence-electron chi connectivity index (χ1n) is 8.56. The summed E-state index contributed by atoms with van der Waals surface area (Å²) in [6.45, 7) is 1.82. The van der Waals surface area contributed by atoms with Gasteiger partial charge in [0.15, 0.2) is 0 Å². The van der Waals surface area contributed by atoms with Crippen LogP contribution in [0.25, 0.3) is 10.9 Å². The van der Waals surface area contributed by atoms with Gasteiger partial charge in [-0.05, 0) is 25.1 Å². The number of nitrogens with one attached hydrogen (secondary N) is 2. The number of pyridine rings is 1. The predicted molar refractivity (Wildman–Crippen MR) is 111 cm³/mol. The van der Waals surface area contributed by atoms with Crippen LogP contribution in [0.4, 0.5) is 5.69 Å². The molecule has 2 N–H and O–H groups in total. The van der Waals surface area contributed by atoms with Crippen LogP contribution < -0.4 is 10.9 Å². The molecule has 2 aromatic carbocycles. The lowest BCUT2D eigenvalue weighted by molar-refractivity contribution is -0.116. The third-order valence-electron chi connectivity index (χ3n) is 4.21. The number of nitrogens with zero attached hydrogens (tertiary/aromatic N) is 1. The Morgan fingerprint density at radius 1 is 1.07 bits per heavy atom. The van der Waals surface area contributed by atoms with Gasteiger partial charge in [0.2, 0.25) is 11.5 Å².